The van der Waals surface area contributed by atoms with E-state index in [4.69, 9.17) is 29.6 Å². The maximum absolute atomic E-state index is 5.83. The van der Waals surface area contributed by atoms with Gasteiger partial charge in [-0.1, -0.05) is 23.8 Å². The van der Waals surface area contributed by atoms with Crippen LogP contribution in [-0.4, -0.2) is 47.1 Å². The number of halogens is 1. The summed E-state index contributed by atoms with van der Waals surface area (Å²) in [5.74, 6) is 0. The molecule has 0 aliphatic carbocycles. The number of hydrogen-bond acceptors (Lipinski definition) is 5. The SMILES string of the molecule is CC(C(N)=S)N1CCN(c2nc(Cl)cs2)CC1. The van der Waals surface area contributed by atoms with Crippen molar-refractivity contribution in [1.82, 2.24) is 9.88 Å². The Hall–Kier alpha value is -0.430. The molecule has 1 fully saturated rings. The molecule has 0 spiro atoms. The molecule has 1 aliphatic rings. The first kappa shape index (κ1) is 13.0. The van der Waals surface area contributed by atoms with E-state index in [0.717, 1.165) is 31.3 Å². The van der Waals surface area contributed by atoms with Gasteiger partial charge in [-0.05, 0) is 6.92 Å². The molecule has 1 saturated heterocycles. The fourth-order valence-electron chi connectivity index (χ4n) is 1.87. The van der Waals surface area contributed by atoms with Gasteiger partial charge in [-0.3, -0.25) is 4.90 Å². The zero-order chi connectivity index (χ0) is 12.4. The van der Waals surface area contributed by atoms with Gasteiger partial charge >= 0.3 is 0 Å². The summed E-state index contributed by atoms with van der Waals surface area (Å²) >= 11 is 12.4. The maximum Gasteiger partial charge on any atom is 0.186 e. The largest absolute Gasteiger partial charge is 0.392 e. The summed E-state index contributed by atoms with van der Waals surface area (Å²) in [5, 5.41) is 3.43. The van der Waals surface area contributed by atoms with Crippen LogP contribution in [0.3, 0.4) is 0 Å². The lowest BCUT2D eigenvalue weighted by Crippen LogP contribution is -2.52. The summed E-state index contributed by atoms with van der Waals surface area (Å²) < 4.78 is 0. The van der Waals surface area contributed by atoms with Gasteiger partial charge in [0.15, 0.2) is 5.13 Å². The van der Waals surface area contributed by atoms with Crippen LogP contribution in [0.15, 0.2) is 5.38 Å². The quantitative estimate of drug-likeness (QED) is 0.857. The van der Waals surface area contributed by atoms with Gasteiger partial charge in [-0.15, -0.1) is 11.3 Å². The van der Waals surface area contributed by atoms with E-state index in [2.05, 4.69) is 21.7 Å². The minimum Gasteiger partial charge on any atom is -0.392 e. The van der Waals surface area contributed by atoms with Crippen LogP contribution >= 0.6 is 35.2 Å². The number of thiocarbonyl (C=S) groups is 1. The van der Waals surface area contributed by atoms with Crippen molar-refractivity contribution in [2.24, 2.45) is 5.73 Å². The van der Waals surface area contributed by atoms with Gasteiger partial charge in [-0.2, -0.15) is 0 Å². The predicted octanol–water partition coefficient (Wildman–Crippen LogP) is 1.59. The van der Waals surface area contributed by atoms with E-state index in [9.17, 15) is 0 Å². The van der Waals surface area contributed by atoms with Gasteiger partial charge in [0.1, 0.15) is 5.15 Å². The second kappa shape index (κ2) is 5.48. The summed E-state index contributed by atoms with van der Waals surface area (Å²) in [6.45, 7) is 5.84. The van der Waals surface area contributed by atoms with Gasteiger partial charge in [0.05, 0.1) is 11.0 Å². The number of nitrogens with two attached hydrogens (primary N) is 1. The van der Waals surface area contributed by atoms with Gasteiger partial charge in [0.25, 0.3) is 0 Å². The Morgan fingerprint density at radius 3 is 2.65 bits per heavy atom. The summed E-state index contributed by atoms with van der Waals surface area (Å²) in [5.41, 5.74) is 5.66. The molecule has 1 aromatic heterocycles. The minimum atomic E-state index is 0.173. The molecule has 4 nitrogen and oxygen atoms in total. The fraction of sp³-hybridized carbons (Fsp3) is 0.600. The van der Waals surface area contributed by atoms with E-state index >= 15 is 0 Å². The molecule has 0 bridgehead atoms. The third kappa shape index (κ3) is 3.07. The topological polar surface area (TPSA) is 45.4 Å². The van der Waals surface area contributed by atoms with Crippen LogP contribution < -0.4 is 10.6 Å². The molecule has 2 N–H and O–H groups in total. The van der Waals surface area contributed by atoms with Crippen LogP contribution in [0.5, 0.6) is 0 Å². The molecule has 0 aromatic carbocycles. The van der Waals surface area contributed by atoms with Crippen molar-refractivity contribution < 1.29 is 0 Å². The normalized spacial score (nSPS) is 19.3. The Morgan fingerprint density at radius 1 is 1.53 bits per heavy atom. The van der Waals surface area contributed by atoms with Crippen LogP contribution in [0.2, 0.25) is 5.15 Å². The maximum atomic E-state index is 5.83. The standard InChI is InChI=1S/C10H15ClN4S2/c1-7(9(12)16)14-2-4-15(5-3-14)10-13-8(11)6-17-10/h6-7H,2-5H2,1H3,(H2,12,16). The van der Waals surface area contributed by atoms with Gasteiger partial charge in [-0.25, -0.2) is 4.98 Å². The first-order chi connectivity index (χ1) is 8.08. The lowest BCUT2D eigenvalue weighted by Gasteiger charge is -2.37. The van der Waals surface area contributed by atoms with Crippen LogP contribution in [-0.2, 0) is 0 Å². The highest BCUT2D eigenvalue weighted by atomic mass is 35.5. The highest BCUT2D eigenvalue weighted by Crippen LogP contribution is 2.24. The lowest BCUT2D eigenvalue weighted by atomic mass is 10.2. The third-order valence-electron chi connectivity index (χ3n) is 3.01. The average Bonchev–Trinajstić information content (AvgIpc) is 2.75. The van der Waals surface area contributed by atoms with E-state index in [0.29, 0.717) is 10.1 Å². The Labute approximate surface area is 115 Å². The molecule has 1 aliphatic heterocycles. The number of piperazine rings is 1. The summed E-state index contributed by atoms with van der Waals surface area (Å²) in [6, 6.07) is 0.173. The molecule has 2 heterocycles. The van der Waals surface area contributed by atoms with Crippen molar-refractivity contribution in [1.29, 1.82) is 0 Å². The van der Waals surface area contributed by atoms with Crippen LogP contribution in [0.4, 0.5) is 5.13 Å². The summed E-state index contributed by atoms with van der Waals surface area (Å²) in [7, 11) is 0. The monoisotopic (exact) mass is 290 g/mol. The molecule has 1 unspecified atom stereocenters. The van der Waals surface area contributed by atoms with Crippen LogP contribution in [0.1, 0.15) is 6.92 Å². The lowest BCUT2D eigenvalue weighted by molar-refractivity contribution is 0.239. The van der Waals surface area contributed by atoms with E-state index in [1.807, 2.05) is 5.38 Å². The van der Waals surface area contributed by atoms with Gasteiger partial charge in [0.2, 0.25) is 0 Å². The zero-order valence-corrected chi connectivity index (χ0v) is 12.0. The third-order valence-corrected chi connectivity index (χ3v) is 4.57. The van der Waals surface area contributed by atoms with E-state index in [1.54, 1.807) is 11.3 Å². The molecule has 7 heteroatoms. The van der Waals surface area contributed by atoms with Crippen molar-refractivity contribution in [3.05, 3.63) is 10.5 Å². The number of anilines is 1. The molecule has 2 rings (SSSR count). The second-order valence-corrected chi connectivity index (χ2v) is 5.75. The zero-order valence-electron chi connectivity index (χ0n) is 9.60. The molecule has 17 heavy (non-hydrogen) atoms. The highest BCUT2D eigenvalue weighted by molar-refractivity contribution is 7.80. The molecule has 1 aromatic rings. The summed E-state index contributed by atoms with van der Waals surface area (Å²) in [4.78, 5) is 9.39. The molecule has 0 amide bonds. The number of aromatic nitrogens is 1. The second-order valence-electron chi connectivity index (χ2n) is 4.05. The Bertz CT molecular complexity index is 401. The summed E-state index contributed by atoms with van der Waals surface area (Å²) in [6.07, 6.45) is 0. The van der Waals surface area contributed by atoms with Crippen molar-refractivity contribution in [2.75, 3.05) is 31.1 Å². The highest BCUT2D eigenvalue weighted by Gasteiger charge is 2.23. The first-order valence-corrected chi connectivity index (χ1v) is 7.14. The Morgan fingerprint density at radius 2 is 2.18 bits per heavy atom. The molecular formula is C10H15ClN4S2. The van der Waals surface area contributed by atoms with Crippen molar-refractivity contribution in [2.45, 2.75) is 13.0 Å². The first-order valence-electron chi connectivity index (χ1n) is 5.47. The smallest absolute Gasteiger partial charge is 0.186 e. The average molecular weight is 291 g/mol. The van der Waals surface area contributed by atoms with Crippen molar-refractivity contribution in [3.8, 4) is 0 Å². The van der Waals surface area contributed by atoms with Crippen molar-refractivity contribution >= 4 is 45.3 Å². The molecule has 0 saturated carbocycles. The minimum absolute atomic E-state index is 0.173. The van der Waals surface area contributed by atoms with E-state index < -0.39 is 0 Å². The number of hydrogen-bond donors (Lipinski definition) is 1. The Balaban J connectivity index is 1.92. The number of nitrogens with zero attached hydrogens (tertiary/aromatic N) is 3. The Kier molecular flexibility index (Phi) is 4.19. The van der Waals surface area contributed by atoms with E-state index in [-0.39, 0.29) is 6.04 Å². The van der Waals surface area contributed by atoms with Gasteiger partial charge in [0, 0.05) is 31.6 Å². The molecule has 1 atom stereocenters. The number of rotatable bonds is 3. The van der Waals surface area contributed by atoms with Crippen LogP contribution in [0.25, 0.3) is 0 Å². The fourth-order valence-corrected chi connectivity index (χ4v) is 3.02. The molecular weight excluding hydrogens is 276 g/mol. The molecule has 0 radical (unpaired) electrons. The van der Waals surface area contributed by atoms with Gasteiger partial charge < -0.3 is 10.6 Å². The number of thiazole rings is 1. The van der Waals surface area contributed by atoms with E-state index in [1.165, 1.54) is 0 Å². The van der Waals surface area contributed by atoms with Crippen LogP contribution in [0, 0.1) is 0 Å². The van der Waals surface area contributed by atoms with Crippen molar-refractivity contribution in [3.63, 3.8) is 0 Å². The molecule has 94 valence electrons. The predicted molar refractivity (Wildman–Crippen MR) is 77.2 cm³/mol.